The van der Waals surface area contributed by atoms with Crippen LogP contribution >= 0.6 is 23.2 Å². The molecule has 136 valence electrons. The number of ether oxygens (including phenoxy) is 1. The summed E-state index contributed by atoms with van der Waals surface area (Å²) in [6.07, 6.45) is 2.08. The number of hydrogen-bond donors (Lipinski definition) is 1. The number of aromatic nitrogens is 1. The largest absolute Gasteiger partial charge is 0.363 e. The third-order valence-corrected chi connectivity index (χ3v) is 5.73. The minimum Gasteiger partial charge on any atom is -0.363 e. The molecule has 0 bridgehead atoms. The van der Waals surface area contributed by atoms with Gasteiger partial charge in [0.15, 0.2) is 0 Å². The van der Waals surface area contributed by atoms with Crippen molar-refractivity contribution in [2.45, 2.75) is 37.1 Å². The fourth-order valence-corrected chi connectivity index (χ4v) is 4.13. The Kier molecular flexibility index (Phi) is 4.21. The van der Waals surface area contributed by atoms with Crippen LogP contribution in [-0.4, -0.2) is 17.5 Å². The molecule has 4 rings (SSSR count). The predicted molar refractivity (Wildman–Crippen MR) is 96.9 cm³/mol. The number of halogens is 3. The lowest BCUT2D eigenvalue weighted by molar-refractivity contribution is -0.135. The van der Waals surface area contributed by atoms with Crippen molar-refractivity contribution in [2.75, 3.05) is 6.61 Å². The molecule has 1 aliphatic heterocycles. The number of benzene rings is 1. The van der Waals surface area contributed by atoms with Crippen LogP contribution in [0, 0.1) is 0 Å². The fraction of sp³-hybridized carbons (Fsp3) is 0.368. The van der Waals surface area contributed by atoms with E-state index in [0.717, 1.165) is 0 Å². The molecule has 7 heteroatoms. The molecule has 1 aromatic heterocycles. The van der Waals surface area contributed by atoms with Crippen LogP contribution in [0.3, 0.4) is 0 Å². The van der Waals surface area contributed by atoms with Crippen LogP contribution in [0.4, 0.5) is 4.39 Å². The van der Waals surface area contributed by atoms with Gasteiger partial charge in [0, 0.05) is 21.8 Å². The monoisotopic (exact) mass is 394 g/mol. The van der Waals surface area contributed by atoms with Gasteiger partial charge >= 0.3 is 0 Å². The van der Waals surface area contributed by atoms with Crippen molar-refractivity contribution >= 4 is 29.1 Å². The van der Waals surface area contributed by atoms with Crippen LogP contribution in [-0.2, 0) is 20.8 Å². The molecule has 1 amide bonds. The number of carbonyl (C=O) groups excluding carboxylic acids is 1. The molecular weight excluding hydrogens is 378 g/mol. The van der Waals surface area contributed by atoms with Gasteiger partial charge in [-0.2, -0.15) is 0 Å². The Balaban J connectivity index is 1.62. The maximum atomic E-state index is 15.8. The quantitative estimate of drug-likeness (QED) is 0.782. The highest BCUT2D eigenvalue weighted by molar-refractivity contribution is 6.35. The number of amides is 1. The Morgan fingerprint density at radius 2 is 2.12 bits per heavy atom. The van der Waals surface area contributed by atoms with Gasteiger partial charge in [0.2, 0.25) is 5.67 Å². The number of nitrogens with zero attached hydrogens (tertiary/aromatic N) is 1. The van der Waals surface area contributed by atoms with Crippen molar-refractivity contribution in [3.63, 3.8) is 0 Å². The lowest BCUT2D eigenvalue weighted by Gasteiger charge is -2.34. The molecule has 3 atom stereocenters. The SMILES string of the molecule is C[C@@H](NC(=O)[C@]1(F)CC[C@@]2(CO2)c2ncccc21)c1ccc(Cl)cc1Cl. The number of nitrogens with one attached hydrogen (secondary N) is 1. The van der Waals surface area contributed by atoms with Crippen molar-refractivity contribution in [2.24, 2.45) is 0 Å². The first kappa shape index (κ1) is 17.7. The third kappa shape index (κ3) is 2.79. The summed E-state index contributed by atoms with van der Waals surface area (Å²) in [6.45, 7) is 2.28. The van der Waals surface area contributed by atoms with Crippen molar-refractivity contribution in [3.8, 4) is 0 Å². The van der Waals surface area contributed by atoms with Crippen molar-refractivity contribution < 1.29 is 13.9 Å². The zero-order valence-corrected chi connectivity index (χ0v) is 15.6. The second-order valence-corrected chi connectivity index (χ2v) is 7.69. The summed E-state index contributed by atoms with van der Waals surface area (Å²) < 4.78 is 21.3. The Morgan fingerprint density at radius 3 is 2.81 bits per heavy atom. The van der Waals surface area contributed by atoms with Crippen molar-refractivity contribution in [1.29, 1.82) is 0 Å². The maximum Gasteiger partial charge on any atom is 0.262 e. The number of fused-ring (bicyclic) bond motifs is 2. The molecule has 1 N–H and O–H groups in total. The van der Waals surface area contributed by atoms with E-state index in [1.54, 1.807) is 43.5 Å². The molecule has 26 heavy (non-hydrogen) atoms. The van der Waals surface area contributed by atoms with Crippen LogP contribution in [0.5, 0.6) is 0 Å². The highest BCUT2D eigenvalue weighted by Gasteiger charge is 2.59. The Bertz CT molecular complexity index is 888. The average molecular weight is 395 g/mol. The molecule has 1 saturated heterocycles. The summed E-state index contributed by atoms with van der Waals surface area (Å²) in [5, 5.41) is 3.67. The van der Waals surface area contributed by atoms with Gasteiger partial charge in [0.1, 0.15) is 5.60 Å². The van der Waals surface area contributed by atoms with Gasteiger partial charge in [0.05, 0.1) is 18.3 Å². The van der Waals surface area contributed by atoms with E-state index in [9.17, 15) is 4.79 Å². The summed E-state index contributed by atoms with van der Waals surface area (Å²) in [7, 11) is 0. The first-order valence-corrected chi connectivity index (χ1v) is 9.16. The summed E-state index contributed by atoms with van der Waals surface area (Å²) in [6, 6.07) is 7.80. The standard InChI is InChI=1S/C19H17Cl2FN2O2/c1-11(13-5-4-12(20)9-15(13)21)24-17(25)19(22)7-6-18(10-26-18)16-14(19)3-2-8-23-16/h2-5,8-9,11H,6-7,10H2,1H3,(H,24,25)/t11-,18-,19+/m1/s1. The number of carbonyl (C=O) groups is 1. The van der Waals surface area contributed by atoms with Gasteiger partial charge in [-0.25, -0.2) is 4.39 Å². The van der Waals surface area contributed by atoms with Gasteiger partial charge in [-0.3, -0.25) is 9.78 Å². The van der Waals surface area contributed by atoms with Crippen LogP contribution in [0.15, 0.2) is 36.5 Å². The van der Waals surface area contributed by atoms with Crippen molar-refractivity contribution in [3.05, 3.63) is 63.4 Å². The number of hydrogen-bond acceptors (Lipinski definition) is 3. The lowest BCUT2D eigenvalue weighted by atomic mass is 9.77. The van der Waals surface area contributed by atoms with E-state index in [4.69, 9.17) is 27.9 Å². The minimum atomic E-state index is -2.14. The van der Waals surface area contributed by atoms with E-state index >= 15 is 4.39 Å². The Labute approximate surface area is 160 Å². The predicted octanol–water partition coefficient (Wildman–Crippen LogP) is 4.45. The molecule has 2 heterocycles. The van der Waals surface area contributed by atoms with Gasteiger partial charge in [-0.05, 0) is 43.5 Å². The van der Waals surface area contributed by atoms with E-state index in [1.807, 2.05) is 0 Å². The summed E-state index contributed by atoms with van der Waals surface area (Å²) >= 11 is 12.1. The molecule has 4 nitrogen and oxygen atoms in total. The lowest BCUT2D eigenvalue weighted by Crippen LogP contribution is -2.46. The molecule has 2 aromatic rings. The second-order valence-electron chi connectivity index (χ2n) is 6.84. The molecular formula is C19H17Cl2FN2O2. The normalized spacial score (nSPS) is 27.7. The first-order chi connectivity index (χ1) is 12.4. The van der Waals surface area contributed by atoms with E-state index in [-0.39, 0.29) is 12.0 Å². The van der Waals surface area contributed by atoms with Crippen molar-refractivity contribution in [1.82, 2.24) is 10.3 Å². The van der Waals surface area contributed by atoms with E-state index in [1.165, 1.54) is 0 Å². The summed E-state index contributed by atoms with van der Waals surface area (Å²) in [5.41, 5.74) is -1.17. The number of epoxide rings is 1. The molecule has 0 radical (unpaired) electrons. The average Bonchev–Trinajstić information content (AvgIpc) is 3.39. The van der Waals surface area contributed by atoms with Gasteiger partial charge in [0.25, 0.3) is 5.91 Å². The molecule has 2 aliphatic rings. The van der Waals surface area contributed by atoms with Crippen LogP contribution in [0.1, 0.15) is 42.6 Å². The van der Waals surface area contributed by atoms with Crippen LogP contribution < -0.4 is 5.32 Å². The smallest absolute Gasteiger partial charge is 0.262 e. The Hall–Kier alpha value is -1.69. The van der Waals surface area contributed by atoms with E-state index < -0.39 is 23.2 Å². The molecule has 0 unspecified atom stereocenters. The number of pyridine rings is 1. The molecule has 1 spiro atoms. The van der Waals surface area contributed by atoms with Gasteiger partial charge < -0.3 is 10.1 Å². The summed E-state index contributed by atoms with van der Waals surface area (Å²) in [4.78, 5) is 17.1. The molecule has 1 fully saturated rings. The topological polar surface area (TPSA) is 54.5 Å². The second kappa shape index (κ2) is 6.19. The molecule has 0 saturated carbocycles. The van der Waals surface area contributed by atoms with E-state index in [0.29, 0.717) is 34.3 Å². The Morgan fingerprint density at radius 1 is 1.35 bits per heavy atom. The van der Waals surface area contributed by atoms with E-state index in [2.05, 4.69) is 10.3 Å². The maximum absolute atomic E-state index is 15.8. The fourth-order valence-electron chi connectivity index (χ4n) is 3.56. The number of alkyl halides is 1. The van der Waals surface area contributed by atoms with Crippen LogP contribution in [0.2, 0.25) is 10.0 Å². The highest BCUT2D eigenvalue weighted by Crippen LogP contribution is 2.53. The third-order valence-electron chi connectivity index (χ3n) is 5.17. The molecule has 1 aliphatic carbocycles. The zero-order chi connectivity index (χ0) is 18.5. The minimum absolute atomic E-state index is 0.0542. The molecule has 1 aromatic carbocycles. The highest BCUT2D eigenvalue weighted by atomic mass is 35.5. The number of rotatable bonds is 3. The van der Waals surface area contributed by atoms with Gasteiger partial charge in [-0.1, -0.05) is 35.3 Å². The zero-order valence-electron chi connectivity index (χ0n) is 14.1. The van der Waals surface area contributed by atoms with Crippen LogP contribution in [0.25, 0.3) is 0 Å². The first-order valence-electron chi connectivity index (χ1n) is 8.40. The summed E-state index contributed by atoms with van der Waals surface area (Å²) in [5.74, 6) is -0.694. The van der Waals surface area contributed by atoms with Gasteiger partial charge in [-0.15, -0.1) is 0 Å².